The number of aromatic nitrogens is 2. The zero-order valence-electron chi connectivity index (χ0n) is 13.5. The van der Waals surface area contributed by atoms with Gasteiger partial charge in [0.1, 0.15) is 17.6 Å². The summed E-state index contributed by atoms with van der Waals surface area (Å²) in [5, 5.41) is 2.69. The van der Waals surface area contributed by atoms with E-state index in [9.17, 15) is 18.5 Å². The summed E-state index contributed by atoms with van der Waals surface area (Å²) in [6.45, 7) is 5.24. The van der Waals surface area contributed by atoms with E-state index in [4.69, 9.17) is 16.3 Å². The quantitative estimate of drug-likeness (QED) is 0.482. The molecule has 0 fully saturated rings. The molecule has 2 heterocycles. The lowest BCUT2D eigenvalue weighted by Gasteiger charge is -2.28. The number of halogens is 3. The fourth-order valence-corrected chi connectivity index (χ4v) is 2.95. The van der Waals surface area contributed by atoms with E-state index in [-0.39, 0.29) is 40.2 Å². The number of carbonyl (C=O) groups is 2. The van der Waals surface area contributed by atoms with Gasteiger partial charge < -0.3 is 10.1 Å². The highest BCUT2D eigenvalue weighted by Gasteiger charge is 2.38. The maximum absolute atomic E-state index is 13.7. The van der Waals surface area contributed by atoms with Crippen molar-refractivity contribution in [2.75, 3.05) is 12.1 Å². The molecule has 10 heteroatoms. The molecule has 0 aliphatic carbocycles. The maximum atomic E-state index is 13.7. The van der Waals surface area contributed by atoms with Crippen molar-refractivity contribution in [1.29, 1.82) is 0 Å². The van der Waals surface area contributed by atoms with Gasteiger partial charge >= 0.3 is 5.97 Å². The number of fused-ring (bicyclic) bond motifs is 1. The summed E-state index contributed by atoms with van der Waals surface area (Å²) in [5.41, 5.74) is 1.41. The Labute approximate surface area is 151 Å². The molecule has 2 N–H and O–H groups in total. The summed E-state index contributed by atoms with van der Waals surface area (Å²) in [4.78, 5) is 28.3. The number of nitrogens with zero attached hydrogens (tertiary/aromatic N) is 2. The Morgan fingerprint density at radius 2 is 2.27 bits per heavy atom. The number of esters is 1. The second-order valence-corrected chi connectivity index (χ2v) is 5.75. The maximum Gasteiger partial charge on any atom is 0.375 e. The predicted molar refractivity (Wildman–Crippen MR) is 89.6 cm³/mol. The van der Waals surface area contributed by atoms with E-state index in [0.29, 0.717) is 0 Å². The number of hydrogen-bond acceptors (Lipinski definition) is 5. The van der Waals surface area contributed by atoms with E-state index >= 15 is 0 Å². The van der Waals surface area contributed by atoms with E-state index < -0.39 is 23.7 Å². The van der Waals surface area contributed by atoms with Crippen molar-refractivity contribution in [3.05, 3.63) is 52.7 Å². The summed E-state index contributed by atoms with van der Waals surface area (Å²) in [7, 11) is 0. The lowest BCUT2D eigenvalue weighted by molar-refractivity contribution is -0.116. The second kappa shape index (κ2) is 6.75. The third kappa shape index (κ3) is 2.80. The molecular weight excluding hydrogens is 370 g/mol. The fraction of sp³-hybridized carbons (Fsp3) is 0.188. The van der Waals surface area contributed by atoms with E-state index in [2.05, 4.69) is 16.9 Å². The van der Waals surface area contributed by atoms with Crippen LogP contribution in [0.5, 0.6) is 0 Å². The summed E-state index contributed by atoms with van der Waals surface area (Å²) in [6.07, 6.45) is 0. The molecule has 1 aromatic heterocycles. The molecule has 1 atom stereocenters. The van der Waals surface area contributed by atoms with Crippen molar-refractivity contribution in [1.82, 2.24) is 14.9 Å². The first-order chi connectivity index (χ1) is 12.4. The minimum absolute atomic E-state index is 0.0349. The van der Waals surface area contributed by atoms with E-state index in [1.54, 1.807) is 6.92 Å². The van der Waals surface area contributed by atoms with Crippen molar-refractivity contribution >= 4 is 35.0 Å². The van der Waals surface area contributed by atoms with Crippen LogP contribution in [0.1, 0.15) is 34.8 Å². The van der Waals surface area contributed by atoms with Crippen LogP contribution < -0.4 is 10.9 Å². The summed E-state index contributed by atoms with van der Waals surface area (Å²) < 4.78 is 33.0. The molecule has 0 spiro atoms. The Hall–Kier alpha value is -2.94. The van der Waals surface area contributed by atoms with Crippen LogP contribution in [0.3, 0.4) is 0 Å². The molecule has 136 valence electrons. The number of rotatable bonds is 4. The van der Waals surface area contributed by atoms with Gasteiger partial charge in [0, 0.05) is 10.6 Å². The average molecular weight is 383 g/mol. The average Bonchev–Trinajstić information content (AvgIpc) is 3.00. The predicted octanol–water partition coefficient (Wildman–Crippen LogP) is 2.84. The number of imidazole rings is 1. The Kier molecular flexibility index (Phi) is 4.64. The zero-order valence-corrected chi connectivity index (χ0v) is 14.2. The van der Waals surface area contributed by atoms with Crippen LogP contribution in [-0.4, -0.2) is 28.0 Å². The SMILES string of the molecule is C=C1C(=O)NC(c2cc(F)ccc2Cl)c2c(NF)nc(C(=O)OCC)n21. The van der Waals surface area contributed by atoms with Gasteiger partial charge in [-0.05, 0) is 25.1 Å². The number of anilines is 1. The van der Waals surface area contributed by atoms with E-state index in [0.717, 1.165) is 16.7 Å². The first kappa shape index (κ1) is 17.9. The van der Waals surface area contributed by atoms with Gasteiger partial charge in [0.25, 0.3) is 5.91 Å². The number of nitrogens with one attached hydrogen (secondary N) is 2. The third-order valence-electron chi connectivity index (χ3n) is 3.81. The Morgan fingerprint density at radius 1 is 1.54 bits per heavy atom. The zero-order chi connectivity index (χ0) is 19.0. The number of amides is 1. The molecule has 0 saturated carbocycles. The first-order valence-corrected chi connectivity index (χ1v) is 7.88. The number of benzene rings is 1. The number of ether oxygens (including phenoxy) is 1. The fourth-order valence-electron chi connectivity index (χ4n) is 2.72. The van der Waals surface area contributed by atoms with Crippen LogP contribution in [0.15, 0.2) is 24.8 Å². The van der Waals surface area contributed by atoms with Gasteiger partial charge in [-0.25, -0.2) is 19.7 Å². The van der Waals surface area contributed by atoms with Crippen LogP contribution in [0.2, 0.25) is 5.02 Å². The van der Waals surface area contributed by atoms with Crippen LogP contribution >= 0.6 is 11.6 Å². The van der Waals surface area contributed by atoms with E-state index in [1.165, 1.54) is 11.6 Å². The van der Waals surface area contributed by atoms with Gasteiger partial charge in [-0.15, -0.1) is 4.48 Å². The molecule has 26 heavy (non-hydrogen) atoms. The van der Waals surface area contributed by atoms with Crippen LogP contribution in [0, 0.1) is 5.82 Å². The summed E-state index contributed by atoms with van der Waals surface area (Å²) in [6, 6.07) is 2.48. The van der Waals surface area contributed by atoms with Crippen LogP contribution in [-0.2, 0) is 9.53 Å². The van der Waals surface area contributed by atoms with Gasteiger partial charge in [0.2, 0.25) is 5.82 Å². The normalized spacial score (nSPS) is 16.1. The molecule has 7 nitrogen and oxygen atoms in total. The Bertz CT molecular complexity index is 928. The first-order valence-electron chi connectivity index (χ1n) is 7.50. The van der Waals surface area contributed by atoms with Gasteiger partial charge in [0.05, 0.1) is 12.3 Å². The molecule has 0 saturated heterocycles. The summed E-state index contributed by atoms with van der Waals surface area (Å²) in [5.74, 6) is -2.81. The number of carbonyl (C=O) groups excluding carboxylic acids is 2. The molecule has 1 unspecified atom stereocenters. The lowest BCUT2D eigenvalue weighted by Crippen LogP contribution is -2.39. The Balaban J connectivity index is 2.26. The van der Waals surface area contributed by atoms with Gasteiger partial charge in [-0.2, -0.15) is 0 Å². The minimum Gasteiger partial charge on any atom is -0.460 e. The number of hydrogen-bond donors (Lipinski definition) is 2. The molecule has 1 aliphatic rings. The topological polar surface area (TPSA) is 85.2 Å². The molecule has 1 aromatic carbocycles. The van der Waals surface area contributed by atoms with Crippen molar-refractivity contribution in [2.24, 2.45) is 0 Å². The van der Waals surface area contributed by atoms with Gasteiger partial charge in [-0.3, -0.25) is 9.36 Å². The van der Waals surface area contributed by atoms with E-state index in [1.807, 2.05) is 0 Å². The lowest BCUT2D eigenvalue weighted by atomic mass is 10.0. The Morgan fingerprint density at radius 3 is 2.92 bits per heavy atom. The summed E-state index contributed by atoms with van der Waals surface area (Å²) >= 11 is 6.12. The molecule has 0 bridgehead atoms. The van der Waals surface area contributed by atoms with Crippen LogP contribution in [0.25, 0.3) is 5.70 Å². The smallest absolute Gasteiger partial charge is 0.375 e. The van der Waals surface area contributed by atoms with Gasteiger partial charge in [0.15, 0.2) is 5.82 Å². The monoisotopic (exact) mass is 382 g/mol. The highest BCUT2D eigenvalue weighted by Crippen LogP contribution is 2.38. The molecule has 1 amide bonds. The van der Waals surface area contributed by atoms with Crippen LogP contribution in [0.4, 0.5) is 14.7 Å². The second-order valence-electron chi connectivity index (χ2n) is 5.34. The molecule has 1 aliphatic heterocycles. The van der Waals surface area contributed by atoms with Crippen molar-refractivity contribution in [2.45, 2.75) is 13.0 Å². The van der Waals surface area contributed by atoms with Gasteiger partial charge in [-0.1, -0.05) is 18.2 Å². The van der Waals surface area contributed by atoms with Crippen molar-refractivity contribution in [3.63, 3.8) is 0 Å². The highest BCUT2D eigenvalue weighted by atomic mass is 35.5. The standard InChI is InChI=1S/C16H13ClF2N4O3/c1-3-26-16(25)14-21-13(22-19)12-11(20-15(24)7(2)23(12)14)9-6-8(18)4-5-10(9)17/h4-6,11,22H,2-3H2,1H3,(H,20,24). The molecule has 2 aromatic rings. The highest BCUT2D eigenvalue weighted by molar-refractivity contribution is 6.31. The largest absolute Gasteiger partial charge is 0.460 e. The van der Waals surface area contributed by atoms with Crippen molar-refractivity contribution < 1.29 is 23.2 Å². The molecular formula is C16H13ClF2N4O3. The minimum atomic E-state index is -1.06. The van der Waals surface area contributed by atoms with Crippen molar-refractivity contribution in [3.8, 4) is 0 Å². The third-order valence-corrected chi connectivity index (χ3v) is 4.15. The molecule has 3 rings (SSSR count). The molecule has 0 radical (unpaired) electrons.